The molecule has 80 valence electrons. The third-order valence-electron chi connectivity index (χ3n) is 1.82. The number of hydrogen-bond donors (Lipinski definition) is 2. The predicted molar refractivity (Wildman–Crippen MR) is 56.9 cm³/mol. The number of hydrogen-bond acceptors (Lipinski definition) is 2. The molecule has 0 heterocycles. The Bertz CT molecular complexity index is 225. The van der Waals surface area contributed by atoms with Gasteiger partial charge in [0.2, 0.25) is 0 Å². The van der Waals surface area contributed by atoms with Crippen LogP contribution in [0.15, 0.2) is 0 Å². The molecule has 0 aliphatic carbocycles. The predicted octanol–water partition coefficient (Wildman–Crippen LogP) is 1.49. The van der Waals surface area contributed by atoms with E-state index in [1.165, 1.54) is 0 Å². The minimum Gasteiger partial charge on any atom is -0.480 e. The Hall–Kier alpha value is -1.01. The Morgan fingerprint density at radius 2 is 2.14 bits per heavy atom. The summed E-state index contributed by atoms with van der Waals surface area (Å²) < 4.78 is 0. The van der Waals surface area contributed by atoms with Crippen LogP contribution in [0.2, 0.25) is 0 Å². The summed E-state index contributed by atoms with van der Waals surface area (Å²) in [7, 11) is 0. The number of rotatable bonds is 6. The molecule has 3 nitrogen and oxygen atoms in total. The fourth-order valence-electron chi connectivity index (χ4n) is 1.18. The van der Waals surface area contributed by atoms with Gasteiger partial charge in [0.25, 0.3) is 0 Å². The van der Waals surface area contributed by atoms with E-state index < -0.39 is 12.0 Å². The van der Waals surface area contributed by atoms with Crippen molar-refractivity contribution in [1.29, 1.82) is 0 Å². The van der Waals surface area contributed by atoms with Gasteiger partial charge in [0.1, 0.15) is 6.04 Å². The van der Waals surface area contributed by atoms with Crippen molar-refractivity contribution in [1.82, 2.24) is 5.32 Å². The Morgan fingerprint density at radius 1 is 1.50 bits per heavy atom. The topological polar surface area (TPSA) is 49.3 Å². The average molecular weight is 197 g/mol. The highest BCUT2D eigenvalue weighted by molar-refractivity contribution is 5.73. The van der Waals surface area contributed by atoms with Gasteiger partial charge in [0.05, 0.1) is 0 Å². The molecule has 0 aromatic rings. The van der Waals surface area contributed by atoms with Crippen LogP contribution in [0, 0.1) is 17.8 Å². The minimum atomic E-state index is -0.775. The quantitative estimate of drug-likeness (QED) is 0.501. The normalized spacial score (nSPS) is 12.0. The Morgan fingerprint density at radius 3 is 2.57 bits per heavy atom. The summed E-state index contributed by atoms with van der Waals surface area (Å²) in [5.41, 5.74) is 0. The molecule has 2 N–H and O–H groups in total. The van der Waals surface area contributed by atoms with Crippen LogP contribution in [-0.4, -0.2) is 23.7 Å². The van der Waals surface area contributed by atoms with Crippen molar-refractivity contribution in [3.05, 3.63) is 0 Å². The highest BCUT2D eigenvalue weighted by Crippen LogP contribution is 2.04. The van der Waals surface area contributed by atoms with Crippen LogP contribution >= 0.6 is 0 Å². The van der Waals surface area contributed by atoms with Crippen molar-refractivity contribution in [2.75, 3.05) is 6.54 Å². The molecule has 0 saturated heterocycles. The second-order valence-electron chi connectivity index (χ2n) is 3.65. The van der Waals surface area contributed by atoms with E-state index in [9.17, 15) is 4.79 Å². The maximum Gasteiger partial charge on any atom is 0.320 e. The summed E-state index contributed by atoms with van der Waals surface area (Å²) >= 11 is 0. The maximum atomic E-state index is 10.8. The van der Waals surface area contributed by atoms with Gasteiger partial charge in [-0.15, -0.1) is 11.8 Å². The van der Waals surface area contributed by atoms with Crippen LogP contribution in [0.3, 0.4) is 0 Å². The fraction of sp³-hybridized carbons (Fsp3) is 0.727. The molecule has 1 unspecified atom stereocenters. The van der Waals surface area contributed by atoms with Gasteiger partial charge in [-0.25, -0.2) is 0 Å². The van der Waals surface area contributed by atoms with E-state index in [1.54, 1.807) is 6.92 Å². The molecular weight excluding hydrogens is 178 g/mol. The Kier molecular flexibility index (Phi) is 6.87. The summed E-state index contributed by atoms with van der Waals surface area (Å²) in [5, 5.41) is 11.9. The fourth-order valence-corrected chi connectivity index (χ4v) is 1.18. The molecule has 0 aromatic carbocycles. The maximum absolute atomic E-state index is 10.8. The molecule has 0 fully saturated rings. The summed E-state index contributed by atoms with van der Waals surface area (Å²) in [6.07, 6.45) is 1.37. The second kappa shape index (κ2) is 7.40. The van der Waals surface area contributed by atoms with Crippen molar-refractivity contribution < 1.29 is 9.90 Å². The Labute approximate surface area is 85.9 Å². The lowest BCUT2D eigenvalue weighted by Gasteiger charge is -2.15. The van der Waals surface area contributed by atoms with Gasteiger partial charge >= 0.3 is 5.97 Å². The molecule has 0 aliphatic rings. The van der Waals surface area contributed by atoms with E-state index >= 15 is 0 Å². The third-order valence-corrected chi connectivity index (χ3v) is 1.82. The largest absolute Gasteiger partial charge is 0.480 e. The van der Waals surface area contributed by atoms with E-state index in [4.69, 9.17) is 5.11 Å². The van der Waals surface area contributed by atoms with Crippen LogP contribution in [-0.2, 0) is 4.79 Å². The third kappa shape index (κ3) is 6.50. The molecule has 0 rings (SSSR count). The van der Waals surface area contributed by atoms with E-state index in [1.807, 2.05) is 13.8 Å². The van der Waals surface area contributed by atoms with Gasteiger partial charge in [-0.1, -0.05) is 13.8 Å². The smallest absolute Gasteiger partial charge is 0.320 e. The molecule has 0 aliphatic heterocycles. The molecule has 0 aromatic heterocycles. The molecule has 0 amide bonds. The molecule has 0 bridgehead atoms. The summed E-state index contributed by atoms with van der Waals surface area (Å²) in [4.78, 5) is 10.8. The first-order chi connectivity index (χ1) is 6.57. The zero-order valence-electron chi connectivity index (χ0n) is 9.13. The lowest BCUT2D eigenvalue weighted by atomic mass is 10.0. The van der Waals surface area contributed by atoms with Crippen molar-refractivity contribution in [3.63, 3.8) is 0 Å². The van der Waals surface area contributed by atoms with Gasteiger partial charge < -0.3 is 10.4 Å². The van der Waals surface area contributed by atoms with Crippen LogP contribution in [0.1, 0.15) is 33.6 Å². The van der Waals surface area contributed by atoms with E-state index in [0.29, 0.717) is 25.3 Å². The van der Waals surface area contributed by atoms with E-state index in [-0.39, 0.29) is 0 Å². The first-order valence-electron chi connectivity index (χ1n) is 4.93. The van der Waals surface area contributed by atoms with Gasteiger partial charge in [-0.3, -0.25) is 4.79 Å². The van der Waals surface area contributed by atoms with Crippen molar-refractivity contribution in [2.45, 2.75) is 39.7 Å². The van der Waals surface area contributed by atoms with E-state index in [0.717, 1.165) is 0 Å². The van der Waals surface area contributed by atoms with Crippen LogP contribution in [0.5, 0.6) is 0 Å². The number of nitrogens with one attached hydrogen (secondary N) is 1. The number of carboxylic acid groups (broad SMARTS) is 1. The zero-order chi connectivity index (χ0) is 11.0. The molecule has 0 radical (unpaired) electrons. The lowest BCUT2D eigenvalue weighted by molar-refractivity contribution is -0.139. The standard InChI is InChI=1S/C11H19NO2/c1-4-5-6-7-12-10(11(13)14)8-9(2)3/h9-10,12H,6-8H2,1-3H3,(H,13,14). The average Bonchev–Trinajstić information content (AvgIpc) is 2.09. The molecule has 3 heteroatoms. The van der Waals surface area contributed by atoms with Gasteiger partial charge in [-0.2, -0.15) is 0 Å². The van der Waals surface area contributed by atoms with Crippen LogP contribution in [0.25, 0.3) is 0 Å². The molecule has 1 atom stereocenters. The number of carboxylic acids is 1. The van der Waals surface area contributed by atoms with Gasteiger partial charge in [0, 0.05) is 13.0 Å². The van der Waals surface area contributed by atoms with Crippen molar-refractivity contribution in [3.8, 4) is 11.8 Å². The van der Waals surface area contributed by atoms with Crippen LogP contribution < -0.4 is 5.32 Å². The molecular formula is C11H19NO2. The summed E-state index contributed by atoms with van der Waals surface area (Å²) in [6.45, 7) is 6.46. The van der Waals surface area contributed by atoms with E-state index in [2.05, 4.69) is 17.2 Å². The summed E-state index contributed by atoms with van der Waals surface area (Å²) in [6, 6.07) is -0.436. The second-order valence-corrected chi connectivity index (χ2v) is 3.65. The highest BCUT2D eigenvalue weighted by Gasteiger charge is 2.17. The molecule has 0 spiro atoms. The first-order valence-corrected chi connectivity index (χ1v) is 4.93. The SMILES string of the molecule is CC#CCCNC(CC(C)C)C(=O)O. The molecule has 14 heavy (non-hydrogen) atoms. The number of carbonyl (C=O) groups is 1. The number of aliphatic carboxylic acids is 1. The van der Waals surface area contributed by atoms with Crippen molar-refractivity contribution in [2.24, 2.45) is 5.92 Å². The first kappa shape index (κ1) is 13.0. The lowest BCUT2D eigenvalue weighted by Crippen LogP contribution is -2.38. The minimum absolute atomic E-state index is 0.390. The zero-order valence-corrected chi connectivity index (χ0v) is 9.13. The summed E-state index contributed by atoms with van der Waals surface area (Å²) in [5.74, 6) is 5.28. The monoisotopic (exact) mass is 197 g/mol. The molecule has 0 saturated carbocycles. The van der Waals surface area contributed by atoms with Crippen molar-refractivity contribution >= 4 is 5.97 Å². The van der Waals surface area contributed by atoms with Gasteiger partial charge in [0.15, 0.2) is 0 Å². The highest BCUT2D eigenvalue weighted by atomic mass is 16.4. The van der Waals surface area contributed by atoms with Gasteiger partial charge in [-0.05, 0) is 19.3 Å². The Balaban J connectivity index is 3.83. The van der Waals surface area contributed by atoms with Crippen LogP contribution in [0.4, 0.5) is 0 Å².